The van der Waals surface area contributed by atoms with Gasteiger partial charge in [0.2, 0.25) is 5.79 Å². The van der Waals surface area contributed by atoms with E-state index >= 15 is 0 Å². The molecule has 0 aromatic heterocycles. The Morgan fingerprint density at radius 3 is 2.88 bits per heavy atom. The molecule has 2 aliphatic heterocycles. The van der Waals surface area contributed by atoms with Crippen molar-refractivity contribution in [2.24, 2.45) is 0 Å². The minimum absolute atomic E-state index is 0.550. The van der Waals surface area contributed by atoms with Gasteiger partial charge < -0.3 is 14.8 Å². The molecule has 0 spiro atoms. The standard InChI is InChI=1S/C14H17NO2/c1-14(2)16-12-5-3-4-11(13(12)17-14)10-6-8-15-9-7-10/h3-6,15H,7-9H2,1-2H3. The van der Waals surface area contributed by atoms with Gasteiger partial charge in [0.05, 0.1) is 0 Å². The van der Waals surface area contributed by atoms with Crippen LogP contribution in [0.4, 0.5) is 0 Å². The molecule has 3 heteroatoms. The lowest BCUT2D eigenvalue weighted by Crippen LogP contribution is -2.30. The van der Waals surface area contributed by atoms with Gasteiger partial charge in [0, 0.05) is 26.0 Å². The first kappa shape index (κ1) is 10.7. The Bertz CT molecular complexity index is 477. The summed E-state index contributed by atoms with van der Waals surface area (Å²) in [6.07, 6.45) is 3.27. The molecule has 2 heterocycles. The lowest BCUT2D eigenvalue weighted by atomic mass is 9.99. The molecular weight excluding hydrogens is 214 g/mol. The Hall–Kier alpha value is -1.48. The molecular formula is C14H17NO2. The number of para-hydroxylation sites is 1. The molecule has 0 radical (unpaired) electrons. The summed E-state index contributed by atoms with van der Waals surface area (Å²) in [4.78, 5) is 0. The van der Waals surface area contributed by atoms with Gasteiger partial charge in [-0.25, -0.2) is 0 Å². The van der Waals surface area contributed by atoms with E-state index in [0.717, 1.165) is 31.0 Å². The van der Waals surface area contributed by atoms with Gasteiger partial charge in [-0.3, -0.25) is 0 Å². The summed E-state index contributed by atoms with van der Waals surface area (Å²) in [5.74, 6) is 1.20. The molecule has 0 unspecified atom stereocenters. The molecule has 1 N–H and O–H groups in total. The molecule has 17 heavy (non-hydrogen) atoms. The van der Waals surface area contributed by atoms with Crippen LogP contribution in [0, 0.1) is 0 Å². The van der Waals surface area contributed by atoms with Crippen molar-refractivity contribution >= 4 is 5.57 Å². The second-order valence-corrected chi connectivity index (χ2v) is 4.92. The van der Waals surface area contributed by atoms with E-state index in [1.165, 1.54) is 11.1 Å². The van der Waals surface area contributed by atoms with Gasteiger partial charge in [-0.15, -0.1) is 0 Å². The van der Waals surface area contributed by atoms with Gasteiger partial charge in [-0.05, 0) is 24.6 Å². The van der Waals surface area contributed by atoms with Crippen molar-refractivity contribution < 1.29 is 9.47 Å². The van der Waals surface area contributed by atoms with Gasteiger partial charge in [0.1, 0.15) is 0 Å². The number of benzene rings is 1. The van der Waals surface area contributed by atoms with Gasteiger partial charge in [-0.2, -0.15) is 0 Å². The van der Waals surface area contributed by atoms with E-state index in [0.29, 0.717) is 0 Å². The minimum atomic E-state index is -0.550. The highest BCUT2D eigenvalue weighted by molar-refractivity contribution is 5.74. The Balaban J connectivity index is 2.03. The number of ether oxygens (including phenoxy) is 2. The van der Waals surface area contributed by atoms with E-state index < -0.39 is 5.79 Å². The van der Waals surface area contributed by atoms with Crippen LogP contribution in [0.25, 0.3) is 5.57 Å². The maximum Gasteiger partial charge on any atom is 0.246 e. The minimum Gasteiger partial charge on any atom is -0.449 e. The molecule has 0 atom stereocenters. The van der Waals surface area contributed by atoms with Crippen LogP contribution in [-0.2, 0) is 0 Å². The zero-order chi connectivity index (χ0) is 11.9. The van der Waals surface area contributed by atoms with E-state index in [4.69, 9.17) is 9.47 Å². The van der Waals surface area contributed by atoms with Gasteiger partial charge in [0.25, 0.3) is 0 Å². The highest BCUT2D eigenvalue weighted by Gasteiger charge is 2.33. The maximum atomic E-state index is 5.90. The van der Waals surface area contributed by atoms with Crippen LogP contribution in [0.15, 0.2) is 24.3 Å². The first-order valence-electron chi connectivity index (χ1n) is 6.07. The molecule has 3 rings (SSSR count). The fraction of sp³-hybridized carbons (Fsp3) is 0.429. The fourth-order valence-corrected chi connectivity index (χ4v) is 2.35. The monoisotopic (exact) mass is 231 g/mol. The van der Waals surface area contributed by atoms with Crippen LogP contribution < -0.4 is 14.8 Å². The van der Waals surface area contributed by atoms with E-state index in [1.54, 1.807) is 0 Å². The van der Waals surface area contributed by atoms with Crippen molar-refractivity contribution in [3.8, 4) is 11.5 Å². The Kier molecular flexibility index (Phi) is 2.37. The third-order valence-electron chi connectivity index (χ3n) is 3.09. The normalized spacial score (nSPS) is 21.2. The molecule has 90 valence electrons. The Morgan fingerprint density at radius 2 is 2.12 bits per heavy atom. The average Bonchev–Trinajstić information content (AvgIpc) is 2.63. The second kappa shape index (κ2) is 3.77. The first-order chi connectivity index (χ1) is 8.16. The van der Waals surface area contributed by atoms with E-state index in [1.807, 2.05) is 26.0 Å². The van der Waals surface area contributed by atoms with Crippen molar-refractivity contribution in [2.45, 2.75) is 26.1 Å². The third-order valence-corrected chi connectivity index (χ3v) is 3.09. The molecule has 0 fully saturated rings. The van der Waals surface area contributed by atoms with Gasteiger partial charge in [-0.1, -0.05) is 18.2 Å². The number of hydrogen-bond donors (Lipinski definition) is 1. The third kappa shape index (κ3) is 1.91. The molecule has 1 aromatic rings. The highest BCUT2D eigenvalue weighted by Crippen LogP contribution is 2.44. The molecule has 2 aliphatic rings. The van der Waals surface area contributed by atoms with E-state index in [-0.39, 0.29) is 0 Å². The van der Waals surface area contributed by atoms with Crippen molar-refractivity contribution in [1.29, 1.82) is 0 Å². The molecule has 0 amide bonds. The molecule has 0 saturated heterocycles. The second-order valence-electron chi connectivity index (χ2n) is 4.92. The van der Waals surface area contributed by atoms with E-state index in [2.05, 4.69) is 17.5 Å². The highest BCUT2D eigenvalue weighted by atomic mass is 16.7. The zero-order valence-corrected chi connectivity index (χ0v) is 10.2. The fourth-order valence-electron chi connectivity index (χ4n) is 2.35. The number of nitrogens with one attached hydrogen (secondary N) is 1. The largest absolute Gasteiger partial charge is 0.449 e. The quantitative estimate of drug-likeness (QED) is 0.805. The number of hydrogen-bond acceptors (Lipinski definition) is 3. The summed E-state index contributed by atoms with van der Waals surface area (Å²) in [6, 6.07) is 6.11. The van der Waals surface area contributed by atoms with Crippen LogP contribution >= 0.6 is 0 Å². The SMILES string of the molecule is CC1(C)Oc2cccc(C3=CCNCC3)c2O1. The number of rotatable bonds is 1. The van der Waals surface area contributed by atoms with Crippen LogP contribution in [0.3, 0.4) is 0 Å². The topological polar surface area (TPSA) is 30.5 Å². The lowest BCUT2D eigenvalue weighted by molar-refractivity contribution is -0.0432. The zero-order valence-electron chi connectivity index (χ0n) is 10.2. The average molecular weight is 231 g/mol. The van der Waals surface area contributed by atoms with Crippen molar-refractivity contribution in [3.63, 3.8) is 0 Å². The summed E-state index contributed by atoms with van der Waals surface area (Å²) in [5.41, 5.74) is 2.52. The van der Waals surface area contributed by atoms with Crippen LogP contribution in [0.2, 0.25) is 0 Å². The van der Waals surface area contributed by atoms with Crippen LogP contribution in [0.1, 0.15) is 25.8 Å². The summed E-state index contributed by atoms with van der Waals surface area (Å²) in [5, 5.41) is 3.32. The molecule has 3 nitrogen and oxygen atoms in total. The first-order valence-corrected chi connectivity index (χ1v) is 6.07. The molecule has 0 aliphatic carbocycles. The van der Waals surface area contributed by atoms with Crippen molar-refractivity contribution in [1.82, 2.24) is 5.32 Å². The molecule has 0 saturated carbocycles. The van der Waals surface area contributed by atoms with Crippen LogP contribution in [-0.4, -0.2) is 18.9 Å². The van der Waals surface area contributed by atoms with Gasteiger partial charge >= 0.3 is 0 Å². The Morgan fingerprint density at radius 1 is 1.24 bits per heavy atom. The summed E-state index contributed by atoms with van der Waals surface area (Å²) in [7, 11) is 0. The predicted octanol–water partition coefficient (Wildman–Crippen LogP) is 2.57. The summed E-state index contributed by atoms with van der Waals surface area (Å²) in [6.45, 7) is 5.84. The smallest absolute Gasteiger partial charge is 0.246 e. The van der Waals surface area contributed by atoms with E-state index in [9.17, 15) is 0 Å². The summed E-state index contributed by atoms with van der Waals surface area (Å²) < 4.78 is 11.7. The number of fused-ring (bicyclic) bond motifs is 1. The molecule has 1 aromatic carbocycles. The predicted molar refractivity (Wildman–Crippen MR) is 67.2 cm³/mol. The van der Waals surface area contributed by atoms with Gasteiger partial charge in [0.15, 0.2) is 11.5 Å². The van der Waals surface area contributed by atoms with Crippen LogP contribution in [0.5, 0.6) is 11.5 Å². The lowest BCUT2D eigenvalue weighted by Gasteiger charge is -2.18. The molecule has 0 bridgehead atoms. The Labute approximate surface area is 101 Å². The maximum absolute atomic E-state index is 5.90. The summed E-state index contributed by atoms with van der Waals surface area (Å²) >= 11 is 0. The van der Waals surface area contributed by atoms with Crippen molar-refractivity contribution in [3.05, 3.63) is 29.8 Å². The van der Waals surface area contributed by atoms with Crippen molar-refractivity contribution in [2.75, 3.05) is 13.1 Å².